The second-order valence-electron chi connectivity index (χ2n) is 3.32. The van der Waals surface area contributed by atoms with E-state index in [1.807, 2.05) is 5.32 Å². The van der Waals surface area contributed by atoms with Crippen LogP contribution in [0.5, 0.6) is 0 Å². The summed E-state index contributed by atoms with van der Waals surface area (Å²) in [5.41, 5.74) is -0.160. The first-order valence-electron chi connectivity index (χ1n) is 4.60. The molecule has 18 heavy (non-hydrogen) atoms. The lowest BCUT2D eigenvalue weighted by molar-refractivity contribution is 0.0891. The Bertz CT molecular complexity index is 563. The smallest absolute Gasteiger partial charge is 0.255 e. The van der Waals surface area contributed by atoms with Crippen LogP contribution in [-0.2, 0) is 10.0 Å². The van der Waals surface area contributed by atoms with E-state index in [9.17, 15) is 22.0 Å². The molecule has 9 heteroatoms. The van der Waals surface area contributed by atoms with Gasteiger partial charge in [-0.3, -0.25) is 4.79 Å². The fourth-order valence-corrected chi connectivity index (χ4v) is 2.01. The first-order chi connectivity index (χ1) is 8.20. The molecule has 0 radical (unpaired) electrons. The molecule has 0 aliphatic carbocycles. The van der Waals surface area contributed by atoms with Crippen LogP contribution >= 0.6 is 11.6 Å². The van der Waals surface area contributed by atoms with E-state index in [0.29, 0.717) is 0 Å². The van der Waals surface area contributed by atoms with Crippen LogP contribution in [0.2, 0.25) is 5.02 Å². The SMILES string of the molecule is NS(=O)(=O)c1cc(Cl)cc(C(=O)NCC(F)F)c1. The molecule has 1 rings (SSSR count). The maximum atomic E-state index is 11.9. The maximum absolute atomic E-state index is 11.9. The highest BCUT2D eigenvalue weighted by Crippen LogP contribution is 2.18. The molecule has 0 aliphatic heterocycles. The number of halogens is 3. The van der Waals surface area contributed by atoms with Gasteiger partial charge in [-0.05, 0) is 18.2 Å². The zero-order chi connectivity index (χ0) is 13.9. The fourth-order valence-electron chi connectivity index (χ4n) is 1.13. The van der Waals surface area contributed by atoms with Crippen molar-refractivity contribution in [1.82, 2.24) is 5.32 Å². The lowest BCUT2D eigenvalue weighted by atomic mass is 10.2. The number of hydrogen-bond donors (Lipinski definition) is 2. The average Bonchev–Trinajstić information content (AvgIpc) is 2.23. The number of carbonyl (C=O) groups is 1. The van der Waals surface area contributed by atoms with Gasteiger partial charge in [0.05, 0.1) is 11.4 Å². The van der Waals surface area contributed by atoms with Crippen molar-refractivity contribution in [2.75, 3.05) is 6.54 Å². The first-order valence-corrected chi connectivity index (χ1v) is 6.52. The van der Waals surface area contributed by atoms with Crippen molar-refractivity contribution in [3.8, 4) is 0 Å². The lowest BCUT2D eigenvalue weighted by Gasteiger charge is -2.06. The number of nitrogens with two attached hydrogens (primary N) is 1. The van der Waals surface area contributed by atoms with E-state index < -0.39 is 28.9 Å². The van der Waals surface area contributed by atoms with Gasteiger partial charge in [-0.25, -0.2) is 22.3 Å². The van der Waals surface area contributed by atoms with E-state index in [1.54, 1.807) is 0 Å². The minimum atomic E-state index is -4.03. The molecule has 0 aliphatic rings. The molecular formula is C9H9ClF2N2O3S. The Hall–Kier alpha value is -1.25. The van der Waals surface area contributed by atoms with Crippen molar-refractivity contribution in [2.45, 2.75) is 11.3 Å². The molecule has 1 amide bonds. The Morgan fingerprint density at radius 2 is 2.00 bits per heavy atom. The highest BCUT2D eigenvalue weighted by molar-refractivity contribution is 7.89. The molecule has 0 saturated heterocycles. The summed E-state index contributed by atoms with van der Waals surface area (Å²) >= 11 is 5.61. The summed E-state index contributed by atoms with van der Waals surface area (Å²) in [7, 11) is -4.03. The molecule has 0 spiro atoms. The van der Waals surface area contributed by atoms with E-state index >= 15 is 0 Å². The van der Waals surface area contributed by atoms with Crippen molar-refractivity contribution in [3.63, 3.8) is 0 Å². The van der Waals surface area contributed by atoms with Gasteiger partial charge in [0.1, 0.15) is 0 Å². The maximum Gasteiger partial charge on any atom is 0.255 e. The van der Waals surface area contributed by atoms with Crippen LogP contribution in [0.3, 0.4) is 0 Å². The number of sulfonamides is 1. The van der Waals surface area contributed by atoms with Crippen LogP contribution in [0.1, 0.15) is 10.4 Å². The van der Waals surface area contributed by atoms with Gasteiger partial charge in [0.2, 0.25) is 10.0 Å². The number of hydrogen-bond acceptors (Lipinski definition) is 3. The van der Waals surface area contributed by atoms with Crippen molar-refractivity contribution in [2.24, 2.45) is 5.14 Å². The predicted octanol–water partition coefficient (Wildman–Crippen LogP) is 0.982. The zero-order valence-corrected chi connectivity index (χ0v) is 10.4. The molecule has 100 valence electrons. The summed E-state index contributed by atoms with van der Waals surface area (Å²) in [6.45, 7) is -0.837. The molecule has 0 unspecified atom stereocenters. The summed E-state index contributed by atoms with van der Waals surface area (Å²) in [5, 5.41) is 6.76. The molecular weight excluding hydrogens is 290 g/mol. The van der Waals surface area contributed by atoms with Crippen LogP contribution < -0.4 is 10.5 Å². The molecule has 5 nitrogen and oxygen atoms in total. The van der Waals surface area contributed by atoms with E-state index in [1.165, 1.54) is 0 Å². The zero-order valence-electron chi connectivity index (χ0n) is 8.86. The Morgan fingerprint density at radius 1 is 1.39 bits per heavy atom. The van der Waals surface area contributed by atoms with Crippen molar-refractivity contribution < 1.29 is 22.0 Å². The van der Waals surface area contributed by atoms with Crippen LogP contribution in [0.25, 0.3) is 0 Å². The molecule has 0 fully saturated rings. The number of rotatable bonds is 4. The molecule has 1 aromatic rings. The van der Waals surface area contributed by atoms with E-state index in [2.05, 4.69) is 0 Å². The highest BCUT2D eigenvalue weighted by atomic mass is 35.5. The largest absolute Gasteiger partial charge is 0.346 e. The minimum absolute atomic E-state index is 0.0382. The Balaban J connectivity index is 3.03. The molecule has 0 bridgehead atoms. The lowest BCUT2D eigenvalue weighted by Crippen LogP contribution is -2.28. The number of primary sulfonamides is 1. The summed E-state index contributed by atoms with van der Waals surface area (Å²) in [6, 6.07) is 3.17. The second-order valence-corrected chi connectivity index (χ2v) is 5.32. The Labute approximate surface area is 107 Å². The standard InChI is InChI=1S/C9H9ClF2N2O3S/c10-6-1-5(9(15)14-4-8(11)12)2-7(3-6)18(13,16)17/h1-3,8H,4H2,(H,14,15)(H2,13,16,17). The average molecular weight is 299 g/mol. The fraction of sp³-hybridized carbons (Fsp3) is 0.222. The van der Waals surface area contributed by atoms with Gasteiger partial charge in [0.15, 0.2) is 0 Å². The van der Waals surface area contributed by atoms with Crippen LogP contribution in [0, 0.1) is 0 Å². The first kappa shape index (κ1) is 14.8. The van der Waals surface area contributed by atoms with E-state index in [-0.39, 0.29) is 15.5 Å². The molecule has 0 saturated carbocycles. The number of benzene rings is 1. The van der Waals surface area contributed by atoms with Crippen molar-refractivity contribution in [3.05, 3.63) is 28.8 Å². The van der Waals surface area contributed by atoms with Gasteiger partial charge in [-0.2, -0.15) is 0 Å². The quantitative estimate of drug-likeness (QED) is 0.868. The van der Waals surface area contributed by atoms with Gasteiger partial charge in [0, 0.05) is 10.6 Å². The Morgan fingerprint density at radius 3 is 2.50 bits per heavy atom. The monoisotopic (exact) mass is 298 g/mol. The summed E-state index contributed by atoms with van der Waals surface area (Å²) < 4.78 is 46.0. The van der Waals surface area contributed by atoms with Gasteiger partial charge in [0.25, 0.3) is 12.3 Å². The minimum Gasteiger partial charge on any atom is -0.346 e. The third-order valence-corrected chi connectivity index (χ3v) is 2.99. The van der Waals surface area contributed by atoms with Gasteiger partial charge >= 0.3 is 0 Å². The summed E-state index contributed by atoms with van der Waals surface area (Å²) in [4.78, 5) is 11.1. The van der Waals surface area contributed by atoms with Crippen LogP contribution in [0.15, 0.2) is 23.1 Å². The van der Waals surface area contributed by atoms with Gasteiger partial charge < -0.3 is 5.32 Å². The highest BCUT2D eigenvalue weighted by Gasteiger charge is 2.15. The van der Waals surface area contributed by atoms with E-state index in [0.717, 1.165) is 18.2 Å². The number of nitrogens with one attached hydrogen (secondary N) is 1. The van der Waals surface area contributed by atoms with Gasteiger partial charge in [-0.1, -0.05) is 11.6 Å². The summed E-state index contributed by atoms with van der Waals surface area (Å²) in [6.07, 6.45) is -2.70. The normalized spacial score (nSPS) is 11.6. The summed E-state index contributed by atoms with van der Waals surface area (Å²) in [5.74, 6) is -0.859. The molecule has 0 atom stereocenters. The van der Waals surface area contributed by atoms with Crippen molar-refractivity contribution in [1.29, 1.82) is 0 Å². The Kier molecular flexibility index (Phi) is 4.60. The third kappa shape index (κ3) is 4.21. The molecule has 0 aromatic heterocycles. The second kappa shape index (κ2) is 5.59. The molecule has 3 N–H and O–H groups in total. The van der Waals surface area contributed by atoms with Crippen molar-refractivity contribution >= 4 is 27.5 Å². The predicted molar refractivity (Wildman–Crippen MR) is 61.2 cm³/mol. The number of amides is 1. The number of alkyl halides is 2. The molecule has 1 aromatic carbocycles. The topological polar surface area (TPSA) is 89.3 Å². The third-order valence-electron chi connectivity index (χ3n) is 1.88. The van der Waals surface area contributed by atoms with E-state index in [4.69, 9.17) is 16.7 Å². The number of carbonyl (C=O) groups excluding carboxylic acids is 1. The molecule has 0 heterocycles. The van der Waals surface area contributed by atoms with Crippen LogP contribution in [0.4, 0.5) is 8.78 Å². The van der Waals surface area contributed by atoms with Crippen LogP contribution in [-0.4, -0.2) is 27.3 Å². The van der Waals surface area contributed by atoms with Gasteiger partial charge in [-0.15, -0.1) is 0 Å².